The number of methoxy groups -OCH3 is 1. The number of halogens is 1. The van der Waals surface area contributed by atoms with E-state index in [1.165, 1.54) is 12.1 Å². The molecule has 0 spiro atoms. The molecular weight excluding hydrogens is 323 g/mol. The molecule has 2 heterocycles. The molecule has 1 unspecified atom stereocenters. The van der Waals surface area contributed by atoms with E-state index in [4.69, 9.17) is 4.74 Å². The third kappa shape index (κ3) is 3.05. The topological polar surface area (TPSA) is 66.9 Å². The molecule has 6 nitrogen and oxygen atoms in total. The largest absolute Gasteiger partial charge is 0.378 e. The number of sulfone groups is 1. The Kier molecular flexibility index (Phi) is 4.29. The van der Waals surface area contributed by atoms with E-state index in [0.29, 0.717) is 26.1 Å². The minimum Gasteiger partial charge on any atom is -0.378 e. The van der Waals surface area contributed by atoms with Crippen LogP contribution in [0.1, 0.15) is 6.42 Å². The third-order valence-electron chi connectivity index (χ3n) is 4.45. The normalized spacial score (nSPS) is 22.3. The van der Waals surface area contributed by atoms with Gasteiger partial charge >= 0.3 is 6.03 Å². The van der Waals surface area contributed by atoms with Crippen LogP contribution in [0.5, 0.6) is 0 Å². The van der Waals surface area contributed by atoms with Crippen LogP contribution in [0.2, 0.25) is 0 Å². The molecule has 2 saturated heterocycles. The lowest BCUT2D eigenvalue weighted by atomic mass is 10.2. The number of rotatable bonds is 3. The zero-order valence-electron chi connectivity index (χ0n) is 12.8. The second-order valence-corrected chi connectivity index (χ2v) is 8.13. The van der Waals surface area contributed by atoms with Crippen LogP contribution in [0.15, 0.2) is 29.2 Å². The highest BCUT2D eigenvalue weighted by molar-refractivity contribution is 7.92. The van der Waals surface area contributed by atoms with Crippen molar-refractivity contribution in [1.82, 2.24) is 9.80 Å². The summed E-state index contributed by atoms with van der Waals surface area (Å²) in [6, 6.07) is 4.67. The first-order valence-electron chi connectivity index (χ1n) is 7.48. The van der Waals surface area contributed by atoms with Gasteiger partial charge in [-0.2, -0.15) is 0 Å². The summed E-state index contributed by atoms with van der Waals surface area (Å²) < 4.78 is 43.2. The quantitative estimate of drug-likeness (QED) is 0.772. The Hall–Kier alpha value is -1.67. The van der Waals surface area contributed by atoms with Gasteiger partial charge in [0.1, 0.15) is 5.82 Å². The predicted molar refractivity (Wildman–Crippen MR) is 81.3 cm³/mol. The number of benzene rings is 1. The van der Waals surface area contributed by atoms with E-state index in [9.17, 15) is 17.6 Å². The third-order valence-corrected chi connectivity index (χ3v) is 6.64. The molecule has 1 aromatic carbocycles. The van der Waals surface area contributed by atoms with Crippen molar-refractivity contribution in [2.75, 3.05) is 33.3 Å². The van der Waals surface area contributed by atoms with E-state index in [1.54, 1.807) is 16.9 Å². The molecule has 0 radical (unpaired) electrons. The molecule has 126 valence electrons. The molecule has 0 aromatic heterocycles. The minimum atomic E-state index is -3.56. The number of urea groups is 1. The number of nitrogens with zero attached hydrogens (tertiary/aromatic N) is 2. The van der Waals surface area contributed by atoms with Gasteiger partial charge in [0.15, 0.2) is 9.84 Å². The van der Waals surface area contributed by atoms with E-state index in [-0.39, 0.29) is 23.6 Å². The Labute approximate surface area is 134 Å². The summed E-state index contributed by atoms with van der Waals surface area (Å²) in [5.74, 6) is -0.474. The lowest BCUT2D eigenvalue weighted by Crippen LogP contribution is -2.58. The van der Waals surface area contributed by atoms with Gasteiger partial charge in [-0.25, -0.2) is 17.6 Å². The van der Waals surface area contributed by atoms with Crippen LogP contribution >= 0.6 is 0 Å². The fourth-order valence-corrected chi connectivity index (χ4v) is 4.61. The molecule has 0 saturated carbocycles. The lowest BCUT2D eigenvalue weighted by molar-refractivity contribution is -0.0142. The summed E-state index contributed by atoms with van der Waals surface area (Å²) in [5, 5.41) is -0.642. The highest BCUT2D eigenvalue weighted by Gasteiger charge is 2.40. The van der Waals surface area contributed by atoms with Crippen LogP contribution < -0.4 is 0 Å². The molecular formula is C15H19FN2O4S. The number of likely N-dealkylation sites (tertiary alicyclic amines) is 2. The van der Waals surface area contributed by atoms with Gasteiger partial charge in [-0.1, -0.05) is 0 Å². The van der Waals surface area contributed by atoms with E-state index in [1.807, 2.05) is 0 Å². The summed E-state index contributed by atoms with van der Waals surface area (Å²) in [5.41, 5.74) is 0. The highest BCUT2D eigenvalue weighted by atomic mass is 32.2. The number of carbonyl (C=O) groups is 1. The van der Waals surface area contributed by atoms with Gasteiger partial charge in [0.2, 0.25) is 0 Å². The predicted octanol–water partition coefficient (Wildman–Crippen LogP) is 1.12. The van der Waals surface area contributed by atoms with Crippen LogP contribution in [0.3, 0.4) is 0 Å². The lowest BCUT2D eigenvalue weighted by Gasteiger charge is -2.40. The second kappa shape index (κ2) is 6.09. The first-order valence-corrected chi connectivity index (χ1v) is 9.02. The maximum Gasteiger partial charge on any atom is 0.320 e. The van der Waals surface area contributed by atoms with Gasteiger partial charge in [-0.15, -0.1) is 0 Å². The van der Waals surface area contributed by atoms with Gasteiger partial charge < -0.3 is 14.5 Å². The van der Waals surface area contributed by atoms with Gasteiger partial charge in [0, 0.05) is 20.2 Å². The molecule has 1 aromatic rings. The van der Waals surface area contributed by atoms with E-state index >= 15 is 0 Å². The van der Waals surface area contributed by atoms with Crippen molar-refractivity contribution < 1.29 is 22.3 Å². The smallest absolute Gasteiger partial charge is 0.320 e. The van der Waals surface area contributed by atoms with E-state index < -0.39 is 20.9 Å². The zero-order valence-corrected chi connectivity index (χ0v) is 13.6. The van der Waals surface area contributed by atoms with Crippen LogP contribution in [0.4, 0.5) is 9.18 Å². The fourth-order valence-electron chi connectivity index (χ4n) is 2.92. The molecule has 0 aliphatic carbocycles. The average Bonchev–Trinajstić information content (AvgIpc) is 2.97. The van der Waals surface area contributed by atoms with Gasteiger partial charge in [-0.3, -0.25) is 0 Å². The molecule has 2 aliphatic rings. The first kappa shape index (κ1) is 16.2. The number of hydrogen-bond acceptors (Lipinski definition) is 4. The van der Waals surface area contributed by atoms with Gasteiger partial charge in [-0.05, 0) is 30.7 Å². The summed E-state index contributed by atoms with van der Waals surface area (Å²) in [6.45, 7) is 1.67. The Balaban J connectivity index is 1.65. The van der Waals surface area contributed by atoms with Crippen molar-refractivity contribution in [3.05, 3.63) is 30.1 Å². The zero-order chi connectivity index (χ0) is 16.6. The fraction of sp³-hybridized carbons (Fsp3) is 0.533. The number of amides is 2. The Morgan fingerprint density at radius 1 is 1.17 bits per heavy atom. The second-order valence-electron chi connectivity index (χ2n) is 5.90. The molecule has 0 bridgehead atoms. The summed E-state index contributed by atoms with van der Waals surface area (Å²) >= 11 is 0. The van der Waals surface area contributed by atoms with Gasteiger partial charge in [0.25, 0.3) is 0 Å². The van der Waals surface area contributed by atoms with Crippen molar-refractivity contribution in [2.24, 2.45) is 0 Å². The molecule has 2 aliphatic heterocycles. The monoisotopic (exact) mass is 342 g/mol. The maximum absolute atomic E-state index is 13.0. The molecule has 8 heteroatoms. The number of ether oxygens (including phenoxy) is 1. The van der Waals surface area contributed by atoms with Crippen molar-refractivity contribution >= 4 is 15.9 Å². The summed E-state index contributed by atoms with van der Waals surface area (Å²) in [4.78, 5) is 15.6. The Morgan fingerprint density at radius 3 is 2.43 bits per heavy atom. The van der Waals surface area contributed by atoms with E-state index in [2.05, 4.69) is 0 Å². The van der Waals surface area contributed by atoms with Crippen LogP contribution in [0.25, 0.3) is 0 Å². The standard InChI is InChI=1S/C15H19FN2O4S/c1-22-12-8-18(9-12)15(19)17-7-6-14(10-17)23(20,21)13-4-2-11(16)3-5-13/h2-5,12,14H,6-10H2,1H3. The number of carbonyl (C=O) groups excluding carboxylic acids is 1. The molecule has 2 fully saturated rings. The van der Waals surface area contributed by atoms with Crippen molar-refractivity contribution in [1.29, 1.82) is 0 Å². The molecule has 1 atom stereocenters. The van der Waals surface area contributed by atoms with Gasteiger partial charge in [0.05, 0.1) is 29.3 Å². The highest BCUT2D eigenvalue weighted by Crippen LogP contribution is 2.26. The SMILES string of the molecule is COC1CN(C(=O)N2CCC(S(=O)(=O)c3ccc(F)cc3)C2)C1. The average molecular weight is 342 g/mol. The molecule has 3 rings (SSSR count). The van der Waals surface area contributed by atoms with Crippen molar-refractivity contribution in [2.45, 2.75) is 22.7 Å². The summed E-state index contributed by atoms with van der Waals surface area (Å²) in [7, 11) is -1.95. The summed E-state index contributed by atoms with van der Waals surface area (Å²) in [6.07, 6.45) is 0.466. The van der Waals surface area contributed by atoms with Crippen LogP contribution in [0, 0.1) is 5.82 Å². The Morgan fingerprint density at radius 2 is 1.83 bits per heavy atom. The van der Waals surface area contributed by atoms with Crippen molar-refractivity contribution in [3.8, 4) is 0 Å². The molecule has 0 N–H and O–H groups in total. The van der Waals surface area contributed by atoms with Crippen LogP contribution in [-0.4, -0.2) is 68.9 Å². The van der Waals surface area contributed by atoms with Crippen LogP contribution in [-0.2, 0) is 14.6 Å². The molecule has 23 heavy (non-hydrogen) atoms. The first-order chi connectivity index (χ1) is 10.9. The molecule has 2 amide bonds. The van der Waals surface area contributed by atoms with E-state index in [0.717, 1.165) is 12.1 Å². The van der Waals surface area contributed by atoms with Crippen molar-refractivity contribution in [3.63, 3.8) is 0 Å². The minimum absolute atomic E-state index is 0.0697. The number of hydrogen-bond donors (Lipinski definition) is 0. The maximum atomic E-state index is 13.0. The Bertz CT molecular complexity index is 686.